The average Bonchev–Trinajstić information content (AvgIpc) is 2.85. The fourth-order valence-corrected chi connectivity index (χ4v) is 5.05. The normalized spacial score (nSPS) is 17.9. The van der Waals surface area contributed by atoms with Crippen molar-refractivity contribution in [2.75, 3.05) is 6.61 Å². The number of amides is 1. The molecule has 6 heteroatoms. The lowest BCUT2D eigenvalue weighted by atomic mass is 9.91. The van der Waals surface area contributed by atoms with Gasteiger partial charge in [0, 0.05) is 6.42 Å². The number of carbonyl (C=O) groups is 3. The maximum Gasteiger partial charge on any atom is 0.313 e. The van der Waals surface area contributed by atoms with Crippen LogP contribution >= 0.6 is 0 Å². The molecule has 0 saturated carbocycles. The summed E-state index contributed by atoms with van der Waals surface area (Å²) in [7, 11) is 0. The van der Waals surface area contributed by atoms with Crippen LogP contribution in [0.15, 0.2) is 0 Å². The summed E-state index contributed by atoms with van der Waals surface area (Å²) in [5, 5.41) is 0. The van der Waals surface area contributed by atoms with E-state index in [-0.39, 0.29) is 42.4 Å². The van der Waals surface area contributed by atoms with Gasteiger partial charge in [0.1, 0.15) is 12.7 Å². The van der Waals surface area contributed by atoms with E-state index in [9.17, 15) is 14.4 Å². The first-order valence-electron chi connectivity index (χ1n) is 15.1. The van der Waals surface area contributed by atoms with E-state index >= 15 is 0 Å². The fraction of sp³-hybridized carbons (Fsp3) is 0.900. The number of nitrogens with two attached hydrogens (primary N) is 1. The SMILES string of the molecule is CCCCCCCCCCCC[C@@H](CCCCCC(N)=O)C(=O)OC[C@H]1OC(=O)[C@H]1CCCCCC. The molecular formula is C30H55NO5. The number of unbranched alkanes of at least 4 members (excludes halogenated alkanes) is 14. The van der Waals surface area contributed by atoms with Crippen molar-refractivity contribution in [1.29, 1.82) is 0 Å². The summed E-state index contributed by atoms with van der Waals surface area (Å²) in [6.45, 7) is 4.60. The van der Waals surface area contributed by atoms with Crippen LogP contribution in [0.2, 0.25) is 0 Å². The van der Waals surface area contributed by atoms with Crippen molar-refractivity contribution in [1.82, 2.24) is 0 Å². The van der Waals surface area contributed by atoms with Crippen LogP contribution in [0.25, 0.3) is 0 Å². The summed E-state index contributed by atoms with van der Waals surface area (Å²) in [4.78, 5) is 35.7. The molecule has 2 N–H and O–H groups in total. The summed E-state index contributed by atoms with van der Waals surface area (Å²) in [6, 6.07) is 0. The largest absolute Gasteiger partial charge is 0.461 e. The van der Waals surface area contributed by atoms with Gasteiger partial charge < -0.3 is 15.2 Å². The number of esters is 2. The number of primary amides is 1. The van der Waals surface area contributed by atoms with Crippen molar-refractivity contribution < 1.29 is 23.9 Å². The molecule has 0 aromatic rings. The van der Waals surface area contributed by atoms with Gasteiger partial charge in [0.2, 0.25) is 5.91 Å². The minimum Gasteiger partial charge on any atom is -0.461 e. The third kappa shape index (κ3) is 15.5. The van der Waals surface area contributed by atoms with Gasteiger partial charge in [0.05, 0.1) is 11.8 Å². The zero-order valence-corrected chi connectivity index (χ0v) is 23.4. The molecule has 0 aromatic heterocycles. The molecule has 1 aliphatic heterocycles. The van der Waals surface area contributed by atoms with Gasteiger partial charge >= 0.3 is 11.9 Å². The first-order valence-corrected chi connectivity index (χ1v) is 15.1. The summed E-state index contributed by atoms with van der Waals surface area (Å²) >= 11 is 0. The zero-order valence-electron chi connectivity index (χ0n) is 23.4. The first kappa shape index (κ1) is 32.4. The van der Waals surface area contributed by atoms with Crippen LogP contribution in [-0.2, 0) is 23.9 Å². The van der Waals surface area contributed by atoms with E-state index in [1.54, 1.807) is 0 Å². The zero-order chi connectivity index (χ0) is 26.4. The molecule has 0 spiro atoms. The van der Waals surface area contributed by atoms with E-state index in [0.29, 0.717) is 6.42 Å². The van der Waals surface area contributed by atoms with Crippen molar-refractivity contribution in [2.24, 2.45) is 17.6 Å². The highest BCUT2D eigenvalue weighted by Crippen LogP contribution is 2.29. The van der Waals surface area contributed by atoms with E-state index in [4.69, 9.17) is 15.2 Å². The second-order valence-corrected chi connectivity index (χ2v) is 10.8. The Bertz CT molecular complexity index is 594. The molecule has 0 bridgehead atoms. The Morgan fingerprint density at radius 3 is 1.81 bits per heavy atom. The molecule has 1 aliphatic rings. The smallest absolute Gasteiger partial charge is 0.313 e. The predicted molar refractivity (Wildman–Crippen MR) is 145 cm³/mol. The molecule has 0 aliphatic carbocycles. The molecule has 6 nitrogen and oxygen atoms in total. The molecular weight excluding hydrogens is 454 g/mol. The van der Waals surface area contributed by atoms with Crippen molar-refractivity contribution in [2.45, 2.75) is 155 Å². The third-order valence-electron chi connectivity index (χ3n) is 7.49. The van der Waals surface area contributed by atoms with E-state index in [1.807, 2.05) is 0 Å². The Morgan fingerprint density at radius 1 is 0.778 bits per heavy atom. The maximum absolute atomic E-state index is 12.9. The standard InChI is InChI=1S/C30H55NO5/c1-3-5-7-9-10-11-12-13-14-16-20-25(21-17-15-19-23-28(31)32)29(33)35-24-27-26(30(34)36-27)22-18-8-6-4-2/h25-27H,3-24H2,1-2H3,(H2,31,32)/t25-,26-,27+/m0/s1. The van der Waals surface area contributed by atoms with E-state index in [1.165, 1.54) is 64.2 Å². The Balaban J connectivity index is 2.34. The summed E-state index contributed by atoms with van der Waals surface area (Å²) < 4.78 is 10.9. The van der Waals surface area contributed by atoms with Gasteiger partial charge in [-0.1, -0.05) is 117 Å². The quantitative estimate of drug-likeness (QED) is 0.102. The molecule has 1 rings (SSSR count). The molecule has 1 fully saturated rings. The van der Waals surface area contributed by atoms with Crippen molar-refractivity contribution in [3.05, 3.63) is 0 Å². The number of ether oxygens (including phenoxy) is 2. The molecule has 0 radical (unpaired) electrons. The van der Waals surface area contributed by atoms with Crippen LogP contribution in [0.3, 0.4) is 0 Å². The Kier molecular flexibility index (Phi) is 19.4. The van der Waals surface area contributed by atoms with Gasteiger partial charge in [-0.25, -0.2) is 0 Å². The number of rotatable bonds is 25. The van der Waals surface area contributed by atoms with E-state index < -0.39 is 0 Å². The first-order chi connectivity index (χ1) is 17.5. The Hall–Kier alpha value is -1.59. The van der Waals surface area contributed by atoms with Crippen molar-refractivity contribution in [3.8, 4) is 0 Å². The van der Waals surface area contributed by atoms with Crippen LogP contribution in [0.4, 0.5) is 0 Å². The number of hydrogen-bond acceptors (Lipinski definition) is 5. The highest BCUT2D eigenvalue weighted by molar-refractivity contribution is 5.79. The molecule has 3 atom stereocenters. The van der Waals surface area contributed by atoms with Gasteiger partial charge in [-0.2, -0.15) is 0 Å². The molecule has 0 aromatic carbocycles. The molecule has 1 saturated heterocycles. The lowest BCUT2D eigenvalue weighted by Gasteiger charge is -2.35. The van der Waals surface area contributed by atoms with Gasteiger partial charge in [-0.15, -0.1) is 0 Å². The number of cyclic esters (lactones) is 1. The van der Waals surface area contributed by atoms with Crippen LogP contribution in [0.5, 0.6) is 0 Å². The van der Waals surface area contributed by atoms with Crippen LogP contribution in [0, 0.1) is 11.8 Å². The highest BCUT2D eigenvalue weighted by atomic mass is 16.6. The lowest BCUT2D eigenvalue weighted by Crippen LogP contribution is -2.48. The minimum atomic E-state index is -0.281. The fourth-order valence-electron chi connectivity index (χ4n) is 5.05. The van der Waals surface area contributed by atoms with Gasteiger partial charge in [0.25, 0.3) is 0 Å². The average molecular weight is 510 g/mol. The predicted octanol–water partition coefficient (Wildman–Crippen LogP) is 7.40. The molecule has 0 unspecified atom stereocenters. The van der Waals surface area contributed by atoms with Crippen LogP contribution in [0.1, 0.15) is 149 Å². The van der Waals surface area contributed by atoms with Crippen LogP contribution in [-0.4, -0.2) is 30.6 Å². The molecule has 210 valence electrons. The molecule has 36 heavy (non-hydrogen) atoms. The van der Waals surface area contributed by atoms with E-state index in [2.05, 4.69) is 13.8 Å². The van der Waals surface area contributed by atoms with E-state index in [0.717, 1.165) is 64.2 Å². The van der Waals surface area contributed by atoms with Gasteiger partial charge in [-0.05, 0) is 25.7 Å². The second kappa shape index (κ2) is 21.5. The Labute approximate surface area is 220 Å². The highest BCUT2D eigenvalue weighted by Gasteiger charge is 2.42. The summed E-state index contributed by atoms with van der Waals surface area (Å²) in [6.07, 6.45) is 22.3. The number of hydrogen-bond donors (Lipinski definition) is 1. The second-order valence-electron chi connectivity index (χ2n) is 10.8. The monoisotopic (exact) mass is 509 g/mol. The maximum atomic E-state index is 12.9. The van der Waals surface area contributed by atoms with Gasteiger partial charge in [-0.3, -0.25) is 14.4 Å². The molecule has 1 amide bonds. The minimum absolute atomic E-state index is 0.119. The summed E-state index contributed by atoms with van der Waals surface area (Å²) in [5.41, 5.74) is 5.23. The third-order valence-corrected chi connectivity index (χ3v) is 7.49. The topological polar surface area (TPSA) is 95.7 Å². The Morgan fingerprint density at radius 2 is 1.28 bits per heavy atom. The lowest BCUT2D eigenvalue weighted by molar-refractivity contribution is -0.195. The van der Waals surface area contributed by atoms with Crippen molar-refractivity contribution in [3.63, 3.8) is 0 Å². The van der Waals surface area contributed by atoms with Crippen LogP contribution < -0.4 is 5.73 Å². The van der Waals surface area contributed by atoms with Gasteiger partial charge in [0.15, 0.2) is 0 Å². The number of carbonyl (C=O) groups excluding carboxylic acids is 3. The van der Waals surface area contributed by atoms with Crippen molar-refractivity contribution >= 4 is 17.8 Å². The summed E-state index contributed by atoms with van der Waals surface area (Å²) in [5.74, 6) is -0.816. The molecule has 1 heterocycles.